The zero-order valence-electron chi connectivity index (χ0n) is 12.1. The van der Waals surface area contributed by atoms with Crippen molar-refractivity contribution in [2.45, 2.75) is 33.2 Å². The molecule has 0 amide bonds. The van der Waals surface area contributed by atoms with Crippen LogP contribution in [-0.2, 0) is 6.42 Å². The Morgan fingerprint density at radius 1 is 1.15 bits per heavy atom. The van der Waals surface area contributed by atoms with Gasteiger partial charge in [0.25, 0.3) is 0 Å². The number of hydrogen-bond acceptors (Lipinski definition) is 2. The predicted octanol–water partition coefficient (Wildman–Crippen LogP) is 4.64. The molecule has 2 N–H and O–H groups in total. The Bertz CT molecular complexity index is 608. The van der Waals surface area contributed by atoms with Gasteiger partial charge >= 0.3 is 0 Å². The lowest BCUT2D eigenvalue weighted by Gasteiger charge is -2.16. The molecule has 3 heteroatoms. The average molecular weight is 290 g/mol. The Hall–Kier alpha value is -1.51. The van der Waals surface area contributed by atoms with Crippen molar-refractivity contribution in [2.75, 3.05) is 0 Å². The molecule has 20 heavy (non-hydrogen) atoms. The summed E-state index contributed by atoms with van der Waals surface area (Å²) in [7, 11) is 0. The quantitative estimate of drug-likeness (QED) is 0.890. The zero-order chi connectivity index (χ0) is 14.7. The number of rotatable bonds is 4. The van der Waals surface area contributed by atoms with Gasteiger partial charge in [0.2, 0.25) is 0 Å². The summed E-state index contributed by atoms with van der Waals surface area (Å²) in [6.07, 6.45) is 0.694. The molecule has 0 saturated carbocycles. The summed E-state index contributed by atoms with van der Waals surface area (Å²) in [6, 6.07) is 11.9. The Kier molecular flexibility index (Phi) is 4.69. The highest BCUT2D eigenvalue weighted by Gasteiger charge is 2.12. The van der Waals surface area contributed by atoms with Gasteiger partial charge in [0.15, 0.2) is 0 Å². The van der Waals surface area contributed by atoms with E-state index in [1.807, 2.05) is 45.0 Å². The molecule has 0 heterocycles. The number of hydrogen-bond donors (Lipinski definition) is 1. The van der Waals surface area contributed by atoms with Gasteiger partial charge in [-0.3, -0.25) is 0 Å². The predicted molar refractivity (Wildman–Crippen MR) is 84.8 cm³/mol. The minimum absolute atomic E-state index is 0.0378. The van der Waals surface area contributed by atoms with Crippen molar-refractivity contribution in [3.63, 3.8) is 0 Å². The van der Waals surface area contributed by atoms with E-state index in [0.29, 0.717) is 11.4 Å². The maximum absolute atomic E-state index is 6.28. The minimum Gasteiger partial charge on any atom is -0.457 e. The van der Waals surface area contributed by atoms with Gasteiger partial charge in [-0.05, 0) is 56.5 Å². The highest BCUT2D eigenvalue weighted by Crippen LogP contribution is 2.33. The summed E-state index contributed by atoms with van der Waals surface area (Å²) in [5.74, 6) is 1.64. The van der Waals surface area contributed by atoms with Crippen molar-refractivity contribution in [2.24, 2.45) is 5.73 Å². The van der Waals surface area contributed by atoms with Gasteiger partial charge in [0.05, 0.1) is 0 Å². The van der Waals surface area contributed by atoms with E-state index >= 15 is 0 Å². The Labute approximate surface area is 125 Å². The molecule has 0 radical (unpaired) electrons. The smallest absolute Gasteiger partial charge is 0.132 e. The Morgan fingerprint density at radius 3 is 2.60 bits per heavy atom. The third-order valence-electron chi connectivity index (χ3n) is 3.17. The van der Waals surface area contributed by atoms with E-state index in [1.54, 1.807) is 0 Å². The zero-order valence-corrected chi connectivity index (χ0v) is 12.9. The molecule has 1 unspecified atom stereocenters. The van der Waals surface area contributed by atoms with Gasteiger partial charge in [-0.1, -0.05) is 29.8 Å². The maximum Gasteiger partial charge on any atom is 0.132 e. The summed E-state index contributed by atoms with van der Waals surface area (Å²) in [4.78, 5) is 0. The number of ether oxygens (including phenoxy) is 1. The van der Waals surface area contributed by atoms with Crippen LogP contribution >= 0.6 is 11.6 Å². The Balaban J connectivity index is 2.38. The van der Waals surface area contributed by atoms with Crippen molar-refractivity contribution >= 4 is 11.6 Å². The van der Waals surface area contributed by atoms with E-state index in [-0.39, 0.29) is 6.04 Å². The van der Waals surface area contributed by atoms with Crippen LogP contribution in [0.2, 0.25) is 5.02 Å². The van der Waals surface area contributed by atoms with Crippen LogP contribution < -0.4 is 10.5 Å². The second-order valence-corrected chi connectivity index (χ2v) is 5.68. The van der Waals surface area contributed by atoms with Crippen molar-refractivity contribution < 1.29 is 4.74 Å². The molecule has 0 spiro atoms. The molecular formula is C17H20ClNO. The standard InChI is InChI=1S/C17H20ClNO/c1-11-7-8-12(2)17(9-11)20-16-6-4-5-15(18)14(16)10-13(3)19/h4-9,13H,10,19H2,1-3H3. The molecule has 0 aromatic heterocycles. The normalized spacial score (nSPS) is 12.2. The van der Waals surface area contributed by atoms with Crippen molar-refractivity contribution in [1.82, 2.24) is 0 Å². The van der Waals surface area contributed by atoms with Crippen LogP contribution in [0.1, 0.15) is 23.6 Å². The second kappa shape index (κ2) is 6.29. The van der Waals surface area contributed by atoms with Crippen LogP contribution in [0.5, 0.6) is 11.5 Å². The molecular weight excluding hydrogens is 270 g/mol. The van der Waals surface area contributed by atoms with E-state index in [2.05, 4.69) is 12.1 Å². The molecule has 2 rings (SSSR count). The fraction of sp³-hybridized carbons (Fsp3) is 0.294. The maximum atomic E-state index is 6.28. The lowest BCUT2D eigenvalue weighted by Crippen LogP contribution is -2.18. The molecule has 2 aromatic carbocycles. The van der Waals surface area contributed by atoms with Crippen molar-refractivity contribution in [3.8, 4) is 11.5 Å². The Morgan fingerprint density at radius 2 is 1.90 bits per heavy atom. The minimum atomic E-state index is 0.0378. The summed E-state index contributed by atoms with van der Waals surface area (Å²) < 4.78 is 6.06. The van der Waals surface area contributed by atoms with Gasteiger partial charge < -0.3 is 10.5 Å². The first-order valence-electron chi connectivity index (χ1n) is 6.75. The second-order valence-electron chi connectivity index (χ2n) is 5.27. The third-order valence-corrected chi connectivity index (χ3v) is 3.52. The summed E-state index contributed by atoms with van der Waals surface area (Å²) in [5.41, 5.74) is 9.13. The lowest BCUT2D eigenvalue weighted by atomic mass is 10.1. The number of aryl methyl sites for hydroxylation is 2. The number of nitrogens with two attached hydrogens (primary N) is 1. The van der Waals surface area contributed by atoms with Crippen molar-refractivity contribution in [1.29, 1.82) is 0 Å². The fourth-order valence-corrected chi connectivity index (χ4v) is 2.33. The van der Waals surface area contributed by atoms with Crippen LogP contribution in [0.15, 0.2) is 36.4 Å². The van der Waals surface area contributed by atoms with Crippen LogP contribution in [0.3, 0.4) is 0 Å². The highest BCUT2D eigenvalue weighted by atomic mass is 35.5. The number of halogens is 1. The topological polar surface area (TPSA) is 35.2 Å². The van der Waals surface area contributed by atoms with Crippen LogP contribution in [0.4, 0.5) is 0 Å². The number of benzene rings is 2. The highest BCUT2D eigenvalue weighted by molar-refractivity contribution is 6.31. The van der Waals surface area contributed by atoms with E-state index in [0.717, 1.165) is 22.6 Å². The molecule has 2 aromatic rings. The molecule has 0 aliphatic heterocycles. The summed E-state index contributed by atoms with van der Waals surface area (Å²) >= 11 is 6.28. The third kappa shape index (κ3) is 3.53. The van der Waals surface area contributed by atoms with Gasteiger partial charge in [0, 0.05) is 16.6 Å². The fourth-order valence-electron chi connectivity index (χ4n) is 2.09. The summed E-state index contributed by atoms with van der Waals surface area (Å²) in [6.45, 7) is 6.04. The summed E-state index contributed by atoms with van der Waals surface area (Å²) in [5, 5.41) is 0.699. The first kappa shape index (κ1) is 14.9. The van der Waals surface area contributed by atoms with Gasteiger partial charge in [-0.25, -0.2) is 0 Å². The molecule has 106 valence electrons. The van der Waals surface area contributed by atoms with E-state index in [4.69, 9.17) is 22.1 Å². The van der Waals surface area contributed by atoms with Crippen LogP contribution in [-0.4, -0.2) is 6.04 Å². The van der Waals surface area contributed by atoms with E-state index in [1.165, 1.54) is 5.56 Å². The van der Waals surface area contributed by atoms with Gasteiger partial charge in [-0.2, -0.15) is 0 Å². The van der Waals surface area contributed by atoms with E-state index < -0.39 is 0 Å². The van der Waals surface area contributed by atoms with Gasteiger partial charge in [0.1, 0.15) is 11.5 Å². The monoisotopic (exact) mass is 289 g/mol. The van der Waals surface area contributed by atoms with Crippen molar-refractivity contribution in [3.05, 3.63) is 58.1 Å². The first-order valence-corrected chi connectivity index (χ1v) is 7.13. The average Bonchev–Trinajstić information content (AvgIpc) is 2.37. The molecule has 0 bridgehead atoms. The molecule has 0 aliphatic carbocycles. The SMILES string of the molecule is Cc1ccc(C)c(Oc2cccc(Cl)c2CC(C)N)c1. The first-order chi connectivity index (χ1) is 9.47. The molecule has 0 aliphatic rings. The van der Waals surface area contributed by atoms with E-state index in [9.17, 15) is 0 Å². The van der Waals surface area contributed by atoms with Crippen LogP contribution in [0, 0.1) is 13.8 Å². The molecule has 2 nitrogen and oxygen atoms in total. The van der Waals surface area contributed by atoms with Crippen LogP contribution in [0.25, 0.3) is 0 Å². The lowest BCUT2D eigenvalue weighted by molar-refractivity contribution is 0.470. The molecule has 0 fully saturated rings. The molecule has 1 atom stereocenters. The molecule has 0 saturated heterocycles. The van der Waals surface area contributed by atoms with Gasteiger partial charge in [-0.15, -0.1) is 0 Å². The largest absolute Gasteiger partial charge is 0.457 e.